The molecule has 1 N–H and O–H groups in total. The Kier molecular flexibility index (Phi) is 5.16. The second-order valence-corrected chi connectivity index (χ2v) is 8.18. The molecule has 1 aromatic heterocycles. The van der Waals surface area contributed by atoms with Crippen LogP contribution in [0.25, 0.3) is 0 Å². The third-order valence-corrected chi connectivity index (χ3v) is 6.09. The molecular weight excluding hydrogens is 392 g/mol. The number of nitrogens with one attached hydrogen (secondary N) is 1. The van der Waals surface area contributed by atoms with Crippen LogP contribution < -0.4 is 10.1 Å². The van der Waals surface area contributed by atoms with Crippen LogP contribution in [0.4, 0.5) is 5.69 Å². The highest BCUT2D eigenvalue weighted by molar-refractivity contribution is 6.02. The van der Waals surface area contributed by atoms with Crippen LogP contribution in [0.1, 0.15) is 41.4 Å². The van der Waals surface area contributed by atoms with E-state index in [1.807, 2.05) is 72.5 Å². The van der Waals surface area contributed by atoms with Gasteiger partial charge in [-0.05, 0) is 61.7 Å². The molecule has 2 aliphatic rings. The average Bonchev–Trinajstić information content (AvgIpc) is 3.50. The Morgan fingerprint density at radius 2 is 1.97 bits per heavy atom. The third kappa shape index (κ3) is 3.79. The van der Waals surface area contributed by atoms with Crippen LogP contribution >= 0.6 is 0 Å². The van der Waals surface area contributed by atoms with Crippen molar-refractivity contribution < 1.29 is 18.7 Å². The molecule has 2 aliphatic heterocycles. The van der Waals surface area contributed by atoms with E-state index in [-0.39, 0.29) is 12.0 Å². The number of amides is 1. The molecule has 3 heterocycles. The summed E-state index contributed by atoms with van der Waals surface area (Å²) in [6.07, 6.45) is 3.94. The van der Waals surface area contributed by atoms with Crippen molar-refractivity contribution in [3.8, 4) is 5.75 Å². The third-order valence-electron chi connectivity index (χ3n) is 6.09. The molecule has 6 heteroatoms. The number of hydrogen-bond acceptors (Lipinski definition) is 5. The summed E-state index contributed by atoms with van der Waals surface area (Å²) in [4.78, 5) is 15.3. The van der Waals surface area contributed by atoms with Gasteiger partial charge in [-0.3, -0.25) is 4.79 Å². The first kappa shape index (κ1) is 19.7. The number of furan rings is 1. The largest absolute Gasteiger partial charge is 0.491 e. The first-order valence-corrected chi connectivity index (χ1v) is 10.7. The van der Waals surface area contributed by atoms with E-state index < -0.39 is 5.66 Å². The van der Waals surface area contributed by atoms with Gasteiger partial charge in [-0.25, -0.2) is 0 Å². The van der Waals surface area contributed by atoms with Gasteiger partial charge in [0.05, 0.1) is 24.5 Å². The summed E-state index contributed by atoms with van der Waals surface area (Å²) in [6.45, 7) is 3.76. The first-order chi connectivity index (χ1) is 15.1. The SMILES string of the molecule is CC1(c2ccc(OCC3CCCO3)cc2)Nc2ccccc2C(=O)N1Cc1ccco1. The maximum atomic E-state index is 13.5. The van der Waals surface area contributed by atoms with Crippen molar-refractivity contribution in [1.82, 2.24) is 4.90 Å². The molecule has 0 saturated carbocycles. The van der Waals surface area contributed by atoms with E-state index in [2.05, 4.69) is 5.32 Å². The predicted octanol–water partition coefficient (Wildman–Crippen LogP) is 4.78. The number of fused-ring (bicyclic) bond motifs is 1. The van der Waals surface area contributed by atoms with Gasteiger partial charge in [0, 0.05) is 12.3 Å². The molecular formula is C25H26N2O4. The number of anilines is 1. The molecule has 6 nitrogen and oxygen atoms in total. The second-order valence-electron chi connectivity index (χ2n) is 8.18. The summed E-state index contributed by atoms with van der Waals surface area (Å²) in [5.41, 5.74) is 1.70. The molecule has 5 rings (SSSR count). The molecule has 0 aliphatic carbocycles. The Balaban J connectivity index is 1.43. The first-order valence-electron chi connectivity index (χ1n) is 10.7. The second kappa shape index (κ2) is 8.12. The molecule has 160 valence electrons. The number of rotatable bonds is 6. The van der Waals surface area contributed by atoms with Crippen molar-refractivity contribution in [2.45, 2.75) is 38.1 Å². The Hall–Kier alpha value is -3.25. The lowest BCUT2D eigenvalue weighted by Gasteiger charge is -2.46. The zero-order valence-electron chi connectivity index (χ0n) is 17.5. The Labute approximate surface area is 181 Å². The van der Waals surface area contributed by atoms with Crippen LogP contribution in [-0.2, 0) is 16.9 Å². The number of hydrogen-bond donors (Lipinski definition) is 1. The van der Waals surface area contributed by atoms with Crippen molar-refractivity contribution in [2.24, 2.45) is 0 Å². The van der Waals surface area contributed by atoms with E-state index in [1.54, 1.807) is 6.26 Å². The van der Waals surface area contributed by atoms with Crippen LogP contribution in [0.5, 0.6) is 5.75 Å². The minimum atomic E-state index is -0.745. The van der Waals surface area contributed by atoms with Crippen LogP contribution in [0.2, 0.25) is 0 Å². The Morgan fingerprint density at radius 1 is 1.13 bits per heavy atom. The number of carbonyl (C=O) groups is 1. The summed E-state index contributed by atoms with van der Waals surface area (Å²) >= 11 is 0. The van der Waals surface area contributed by atoms with Crippen molar-refractivity contribution >= 4 is 11.6 Å². The molecule has 1 amide bonds. The monoisotopic (exact) mass is 418 g/mol. The van der Waals surface area contributed by atoms with Gasteiger partial charge in [-0.1, -0.05) is 24.3 Å². The standard InChI is InChI=1S/C25H26N2O4/c1-25(18-10-12-19(13-11-18)31-17-21-7-5-15-30-21)26-23-9-3-2-8-22(23)24(28)27(25)16-20-6-4-14-29-20/h2-4,6,8-14,21,26H,5,7,15-17H2,1H3. The lowest BCUT2D eigenvalue weighted by atomic mass is 9.93. The minimum absolute atomic E-state index is 0.0352. The Morgan fingerprint density at radius 3 is 2.71 bits per heavy atom. The molecule has 1 saturated heterocycles. The van der Waals surface area contributed by atoms with Gasteiger partial charge in [-0.2, -0.15) is 0 Å². The highest BCUT2D eigenvalue weighted by Gasteiger charge is 2.42. The molecule has 1 fully saturated rings. The molecule has 0 bridgehead atoms. The van der Waals surface area contributed by atoms with Gasteiger partial charge in [-0.15, -0.1) is 0 Å². The normalized spacial score (nSPS) is 22.8. The number of nitrogens with zero attached hydrogens (tertiary/aromatic N) is 1. The number of ether oxygens (including phenoxy) is 2. The van der Waals surface area contributed by atoms with Gasteiger partial charge in [0.15, 0.2) is 0 Å². The molecule has 3 aromatic rings. The van der Waals surface area contributed by atoms with Crippen molar-refractivity contribution in [3.63, 3.8) is 0 Å². The van der Waals surface area contributed by atoms with Gasteiger partial charge >= 0.3 is 0 Å². The highest BCUT2D eigenvalue weighted by Crippen LogP contribution is 2.39. The Bertz CT molecular complexity index is 1040. The van der Waals surface area contributed by atoms with Crippen molar-refractivity contribution in [3.05, 3.63) is 83.8 Å². The van der Waals surface area contributed by atoms with E-state index >= 15 is 0 Å². The van der Waals surface area contributed by atoms with E-state index in [1.165, 1.54) is 0 Å². The van der Waals surface area contributed by atoms with Crippen LogP contribution in [0.15, 0.2) is 71.3 Å². The van der Waals surface area contributed by atoms with Crippen LogP contribution in [0, 0.1) is 0 Å². The number of carbonyl (C=O) groups excluding carboxylic acids is 1. The molecule has 2 atom stereocenters. The topological polar surface area (TPSA) is 63.9 Å². The van der Waals surface area contributed by atoms with Crippen LogP contribution in [0.3, 0.4) is 0 Å². The quantitative estimate of drug-likeness (QED) is 0.624. The predicted molar refractivity (Wildman–Crippen MR) is 117 cm³/mol. The summed E-state index contributed by atoms with van der Waals surface area (Å²) in [7, 11) is 0. The fourth-order valence-electron chi connectivity index (χ4n) is 4.31. The van der Waals surface area contributed by atoms with E-state index in [9.17, 15) is 4.79 Å². The fourth-order valence-corrected chi connectivity index (χ4v) is 4.31. The lowest BCUT2D eigenvalue weighted by molar-refractivity contribution is 0.0486. The van der Waals surface area contributed by atoms with E-state index in [0.29, 0.717) is 18.7 Å². The van der Waals surface area contributed by atoms with Gasteiger partial charge < -0.3 is 24.1 Å². The molecule has 31 heavy (non-hydrogen) atoms. The average molecular weight is 418 g/mol. The molecule has 2 unspecified atom stereocenters. The summed E-state index contributed by atoms with van der Waals surface area (Å²) in [5, 5.41) is 3.58. The maximum absolute atomic E-state index is 13.5. The number of benzene rings is 2. The molecule has 2 aromatic carbocycles. The van der Waals surface area contributed by atoms with Crippen LogP contribution in [-0.4, -0.2) is 30.1 Å². The zero-order valence-corrected chi connectivity index (χ0v) is 17.5. The maximum Gasteiger partial charge on any atom is 0.258 e. The minimum Gasteiger partial charge on any atom is -0.491 e. The number of para-hydroxylation sites is 1. The van der Waals surface area contributed by atoms with Crippen molar-refractivity contribution in [2.75, 3.05) is 18.5 Å². The molecule has 0 radical (unpaired) electrons. The van der Waals surface area contributed by atoms with E-state index in [0.717, 1.165) is 42.2 Å². The summed E-state index contributed by atoms with van der Waals surface area (Å²) < 4.78 is 17.1. The summed E-state index contributed by atoms with van der Waals surface area (Å²) in [6, 6.07) is 19.2. The van der Waals surface area contributed by atoms with Gasteiger partial charge in [0.25, 0.3) is 5.91 Å². The van der Waals surface area contributed by atoms with E-state index in [4.69, 9.17) is 13.9 Å². The molecule has 0 spiro atoms. The zero-order chi connectivity index (χ0) is 21.3. The van der Waals surface area contributed by atoms with Gasteiger partial charge in [0.2, 0.25) is 0 Å². The smallest absolute Gasteiger partial charge is 0.258 e. The fraction of sp³-hybridized carbons (Fsp3) is 0.320. The van der Waals surface area contributed by atoms with Gasteiger partial charge in [0.1, 0.15) is 23.8 Å². The highest BCUT2D eigenvalue weighted by atomic mass is 16.5. The summed E-state index contributed by atoms with van der Waals surface area (Å²) in [5.74, 6) is 1.49. The lowest BCUT2D eigenvalue weighted by Crippen LogP contribution is -2.55. The van der Waals surface area contributed by atoms with Crippen molar-refractivity contribution in [1.29, 1.82) is 0 Å².